The number of hydrogen-bond acceptors (Lipinski definition) is 3. The molecule has 6 heteroatoms. The van der Waals surface area contributed by atoms with E-state index in [0.29, 0.717) is 29.1 Å². The molecule has 0 aliphatic rings. The summed E-state index contributed by atoms with van der Waals surface area (Å²) in [5.41, 5.74) is 3.99. The van der Waals surface area contributed by atoms with Crippen molar-refractivity contribution < 1.29 is 4.74 Å². The Balaban J connectivity index is 1.72. The van der Waals surface area contributed by atoms with E-state index in [-0.39, 0.29) is 5.56 Å². The molecule has 0 fully saturated rings. The first-order valence-electron chi connectivity index (χ1n) is 9.99. The summed E-state index contributed by atoms with van der Waals surface area (Å²) in [7, 11) is 1.63. The lowest BCUT2D eigenvalue weighted by Crippen LogP contribution is -2.23. The molecule has 5 nitrogen and oxygen atoms in total. The Hall–Kier alpha value is -3.57. The first-order valence-corrected chi connectivity index (χ1v) is 10.4. The topological polar surface area (TPSA) is 49.0 Å². The van der Waals surface area contributed by atoms with Crippen molar-refractivity contribution in [1.82, 2.24) is 14.1 Å². The second kappa shape index (κ2) is 7.93. The van der Waals surface area contributed by atoms with E-state index in [1.165, 1.54) is 0 Å². The number of aromatic nitrogens is 3. The largest absolute Gasteiger partial charge is 0.496 e. The highest BCUT2D eigenvalue weighted by molar-refractivity contribution is 6.31. The third-order valence-corrected chi connectivity index (χ3v) is 5.92. The Morgan fingerprint density at radius 1 is 0.903 bits per heavy atom. The standard InChI is InChI=1S/C25H20ClN3O2/c1-31-22-13-7-3-9-18(22)14-28-16-27-23-19-10-4-6-12-21(19)29(24(23)25(28)30)15-17-8-2-5-11-20(17)26/h2-13,16H,14-15H2,1H3. The normalized spacial score (nSPS) is 11.3. The summed E-state index contributed by atoms with van der Waals surface area (Å²) in [6, 6.07) is 23.3. The van der Waals surface area contributed by atoms with Crippen molar-refractivity contribution in [3.8, 4) is 5.75 Å². The zero-order valence-corrected chi connectivity index (χ0v) is 17.7. The van der Waals surface area contributed by atoms with Crippen LogP contribution in [0.2, 0.25) is 5.02 Å². The number of benzene rings is 3. The molecular weight excluding hydrogens is 410 g/mol. The summed E-state index contributed by atoms with van der Waals surface area (Å²) >= 11 is 6.43. The van der Waals surface area contributed by atoms with Crippen molar-refractivity contribution in [2.24, 2.45) is 0 Å². The number of ether oxygens (including phenoxy) is 1. The van der Waals surface area contributed by atoms with Crippen LogP contribution >= 0.6 is 11.6 Å². The summed E-state index contributed by atoms with van der Waals surface area (Å²) in [6.45, 7) is 0.860. The molecule has 0 spiro atoms. The summed E-state index contributed by atoms with van der Waals surface area (Å²) < 4.78 is 9.09. The second-order valence-corrected chi connectivity index (χ2v) is 7.79. The van der Waals surface area contributed by atoms with Crippen molar-refractivity contribution in [1.29, 1.82) is 0 Å². The molecule has 5 aromatic rings. The summed E-state index contributed by atoms with van der Waals surface area (Å²) in [5, 5.41) is 1.62. The van der Waals surface area contributed by atoms with Crippen LogP contribution in [0.5, 0.6) is 5.75 Å². The monoisotopic (exact) mass is 429 g/mol. The fourth-order valence-electron chi connectivity index (χ4n) is 4.04. The molecule has 2 heterocycles. The maximum atomic E-state index is 13.6. The Morgan fingerprint density at radius 2 is 1.61 bits per heavy atom. The lowest BCUT2D eigenvalue weighted by atomic mass is 10.2. The van der Waals surface area contributed by atoms with Gasteiger partial charge in [-0.2, -0.15) is 0 Å². The molecule has 0 unspecified atom stereocenters. The maximum absolute atomic E-state index is 13.6. The van der Waals surface area contributed by atoms with Gasteiger partial charge in [0.1, 0.15) is 16.8 Å². The average Bonchev–Trinajstić information content (AvgIpc) is 3.12. The predicted octanol–water partition coefficient (Wildman–Crippen LogP) is 5.11. The number of para-hydroxylation sites is 2. The van der Waals surface area contributed by atoms with Crippen LogP contribution in [0.3, 0.4) is 0 Å². The van der Waals surface area contributed by atoms with Crippen LogP contribution < -0.4 is 10.3 Å². The molecule has 154 valence electrons. The Morgan fingerprint density at radius 3 is 2.42 bits per heavy atom. The van der Waals surface area contributed by atoms with E-state index < -0.39 is 0 Å². The van der Waals surface area contributed by atoms with E-state index in [4.69, 9.17) is 16.3 Å². The third kappa shape index (κ3) is 3.37. The molecule has 0 amide bonds. The zero-order chi connectivity index (χ0) is 21.4. The minimum atomic E-state index is -0.0980. The average molecular weight is 430 g/mol. The molecule has 0 aliphatic carbocycles. The van der Waals surface area contributed by atoms with Gasteiger partial charge in [0.15, 0.2) is 0 Å². The lowest BCUT2D eigenvalue weighted by Gasteiger charge is -2.12. The quantitative estimate of drug-likeness (QED) is 0.390. The van der Waals surface area contributed by atoms with Crippen LogP contribution in [0.25, 0.3) is 21.9 Å². The van der Waals surface area contributed by atoms with Crippen LogP contribution in [0, 0.1) is 0 Å². The van der Waals surface area contributed by atoms with Crippen LogP contribution in [0.4, 0.5) is 0 Å². The number of methoxy groups -OCH3 is 1. The van der Waals surface area contributed by atoms with E-state index in [2.05, 4.69) is 4.98 Å². The highest BCUT2D eigenvalue weighted by Gasteiger charge is 2.17. The van der Waals surface area contributed by atoms with E-state index in [1.54, 1.807) is 18.0 Å². The van der Waals surface area contributed by atoms with Crippen molar-refractivity contribution in [2.75, 3.05) is 7.11 Å². The van der Waals surface area contributed by atoms with Gasteiger partial charge in [-0.1, -0.05) is 66.2 Å². The second-order valence-electron chi connectivity index (χ2n) is 7.38. The molecule has 0 saturated heterocycles. The predicted molar refractivity (Wildman–Crippen MR) is 124 cm³/mol. The Kier molecular flexibility index (Phi) is 4.96. The first kappa shape index (κ1) is 19.4. The third-order valence-electron chi connectivity index (χ3n) is 5.55. The summed E-state index contributed by atoms with van der Waals surface area (Å²) in [6.07, 6.45) is 1.61. The molecule has 0 radical (unpaired) electrons. The molecule has 0 bridgehead atoms. The molecular formula is C25H20ClN3O2. The number of fused-ring (bicyclic) bond motifs is 3. The first-order chi connectivity index (χ1) is 15.2. The molecule has 31 heavy (non-hydrogen) atoms. The van der Waals surface area contributed by atoms with Crippen LogP contribution in [0.15, 0.2) is 83.9 Å². The van der Waals surface area contributed by atoms with Gasteiger partial charge in [-0.25, -0.2) is 4.98 Å². The van der Waals surface area contributed by atoms with E-state index in [1.807, 2.05) is 77.4 Å². The summed E-state index contributed by atoms with van der Waals surface area (Å²) in [5.74, 6) is 0.742. The number of rotatable bonds is 5. The lowest BCUT2D eigenvalue weighted by molar-refractivity contribution is 0.408. The van der Waals surface area contributed by atoms with Crippen LogP contribution in [-0.4, -0.2) is 21.2 Å². The van der Waals surface area contributed by atoms with Crippen molar-refractivity contribution in [2.45, 2.75) is 13.1 Å². The fraction of sp³-hybridized carbons (Fsp3) is 0.120. The van der Waals surface area contributed by atoms with Gasteiger partial charge >= 0.3 is 0 Å². The van der Waals surface area contributed by atoms with E-state index >= 15 is 0 Å². The van der Waals surface area contributed by atoms with Crippen LogP contribution in [0.1, 0.15) is 11.1 Å². The number of halogens is 1. The van der Waals surface area contributed by atoms with Crippen molar-refractivity contribution in [3.63, 3.8) is 0 Å². The number of nitrogens with zero attached hydrogens (tertiary/aromatic N) is 3. The molecule has 0 aliphatic heterocycles. The maximum Gasteiger partial charge on any atom is 0.278 e. The van der Waals surface area contributed by atoms with Gasteiger partial charge in [-0.05, 0) is 23.8 Å². The minimum Gasteiger partial charge on any atom is -0.496 e. The summed E-state index contributed by atoms with van der Waals surface area (Å²) in [4.78, 5) is 18.3. The van der Waals surface area contributed by atoms with E-state index in [9.17, 15) is 4.79 Å². The minimum absolute atomic E-state index is 0.0980. The molecule has 0 N–H and O–H groups in total. The molecule has 5 rings (SSSR count). The zero-order valence-electron chi connectivity index (χ0n) is 17.0. The Bertz CT molecular complexity index is 1470. The van der Waals surface area contributed by atoms with Gasteiger partial charge in [-0.15, -0.1) is 0 Å². The molecule has 0 atom stereocenters. The molecule has 3 aromatic carbocycles. The van der Waals surface area contributed by atoms with Crippen molar-refractivity contribution >= 4 is 33.5 Å². The highest BCUT2D eigenvalue weighted by atomic mass is 35.5. The molecule has 2 aromatic heterocycles. The Labute approximate surface area is 184 Å². The van der Waals surface area contributed by atoms with Gasteiger partial charge in [0.2, 0.25) is 0 Å². The highest BCUT2D eigenvalue weighted by Crippen LogP contribution is 2.28. The van der Waals surface area contributed by atoms with Crippen LogP contribution in [-0.2, 0) is 13.1 Å². The van der Waals surface area contributed by atoms with Gasteiger partial charge in [-0.3, -0.25) is 9.36 Å². The van der Waals surface area contributed by atoms with Crippen molar-refractivity contribution in [3.05, 3.63) is 106 Å². The SMILES string of the molecule is COc1ccccc1Cn1cnc2c3ccccc3n(Cc3ccccc3Cl)c2c1=O. The van der Waals surface area contributed by atoms with Gasteiger partial charge in [0.05, 0.1) is 25.5 Å². The van der Waals surface area contributed by atoms with Gasteiger partial charge in [0.25, 0.3) is 5.56 Å². The van der Waals surface area contributed by atoms with Gasteiger partial charge < -0.3 is 9.30 Å². The smallest absolute Gasteiger partial charge is 0.278 e. The number of hydrogen-bond donors (Lipinski definition) is 0. The van der Waals surface area contributed by atoms with Gasteiger partial charge in [0, 0.05) is 22.5 Å². The molecule has 0 saturated carbocycles. The van der Waals surface area contributed by atoms with E-state index in [0.717, 1.165) is 27.8 Å². The fourth-order valence-corrected chi connectivity index (χ4v) is 4.23.